The standard InChI is InChI=1S/C30H35N3O3/c1-19-8-6-7-9-24(19)25(17-27(32-36)23-14-15-31-20(2)16-23)21-10-12-22(13-11-21)26-18-33(29(34)35)28(26)30(3,4)5/h6-16,25-26,28,36H,17-18H2,1-5H3,(H,34,35)/b32-27+. The van der Waals surface area contributed by atoms with Crippen LogP contribution in [0.25, 0.3) is 0 Å². The highest BCUT2D eigenvalue weighted by Gasteiger charge is 2.48. The van der Waals surface area contributed by atoms with E-state index in [9.17, 15) is 15.1 Å². The third-order valence-corrected chi connectivity index (χ3v) is 7.32. The molecule has 2 N–H and O–H groups in total. The largest absolute Gasteiger partial charge is 0.465 e. The molecule has 4 rings (SSSR count). The van der Waals surface area contributed by atoms with Crippen LogP contribution in [0.4, 0.5) is 4.79 Å². The molecule has 1 aliphatic heterocycles. The Kier molecular flexibility index (Phi) is 7.16. The van der Waals surface area contributed by atoms with Crippen LogP contribution in [0, 0.1) is 19.3 Å². The fraction of sp³-hybridized carbons (Fsp3) is 0.367. The first-order valence-electron chi connectivity index (χ1n) is 12.4. The minimum Gasteiger partial charge on any atom is -0.465 e. The summed E-state index contributed by atoms with van der Waals surface area (Å²) < 4.78 is 0. The van der Waals surface area contributed by atoms with Gasteiger partial charge in [-0.3, -0.25) is 4.98 Å². The summed E-state index contributed by atoms with van der Waals surface area (Å²) in [6, 6.07) is 20.6. The number of oxime groups is 1. The van der Waals surface area contributed by atoms with Crippen LogP contribution in [-0.4, -0.2) is 44.6 Å². The minimum absolute atomic E-state index is 0.00468. The lowest BCUT2D eigenvalue weighted by Gasteiger charge is -2.53. The molecule has 2 heterocycles. The molecule has 0 saturated carbocycles. The normalized spacial score (nSPS) is 19.0. The lowest BCUT2D eigenvalue weighted by Crippen LogP contribution is -2.62. The molecule has 188 valence electrons. The Labute approximate surface area is 213 Å². The molecule has 3 atom stereocenters. The van der Waals surface area contributed by atoms with E-state index in [0.29, 0.717) is 18.7 Å². The van der Waals surface area contributed by atoms with Gasteiger partial charge in [-0.15, -0.1) is 0 Å². The zero-order chi connectivity index (χ0) is 26.0. The molecule has 0 spiro atoms. The second kappa shape index (κ2) is 10.1. The summed E-state index contributed by atoms with van der Waals surface area (Å²) in [5.41, 5.74) is 6.83. The van der Waals surface area contributed by atoms with Crippen molar-refractivity contribution < 1.29 is 15.1 Å². The van der Waals surface area contributed by atoms with Crippen molar-refractivity contribution in [2.75, 3.05) is 6.54 Å². The van der Waals surface area contributed by atoms with E-state index in [2.05, 4.69) is 74.2 Å². The Morgan fingerprint density at radius 2 is 1.81 bits per heavy atom. The first kappa shape index (κ1) is 25.4. The quantitative estimate of drug-likeness (QED) is 0.234. The number of amides is 1. The highest BCUT2D eigenvalue weighted by molar-refractivity contribution is 6.01. The Balaban J connectivity index is 1.67. The number of benzene rings is 2. The SMILES string of the molecule is Cc1cc(/C(CC(c2ccc(C3CN(C(=O)O)C3C(C)(C)C)cc2)c2ccccc2C)=N/O)ccn1. The number of likely N-dealkylation sites (tertiary alicyclic amines) is 1. The van der Waals surface area contributed by atoms with E-state index in [0.717, 1.165) is 22.4 Å². The summed E-state index contributed by atoms with van der Waals surface area (Å²) in [5, 5.41) is 23.2. The fourth-order valence-corrected chi connectivity index (χ4v) is 5.56. The van der Waals surface area contributed by atoms with Gasteiger partial charge in [-0.05, 0) is 53.6 Å². The van der Waals surface area contributed by atoms with Crippen molar-refractivity contribution in [3.63, 3.8) is 0 Å². The molecule has 1 aliphatic rings. The first-order chi connectivity index (χ1) is 17.1. The predicted molar refractivity (Wildman–Crippen MR) is 142 cm³/mol. The molecular weight excluding hydrogens is 450 g/mol. The fourth-order valence-electron chi connectivity index (χ4n) is 5.56. The molecule has 0 bridgehead atoms. The average Bonchev–Trinajstić information content (AvgIpc) is 2.79. The van der Waals surface area contributed by atoms with Gasteiger partial charge in [-0.25, -0.2) is 4.79 Å². The molecule has 3 unspecified atom stereocenters. The van der Waals surface area contributed by atoms with Crippen molar-refractivity contribution in [2.45, 2.75) is 58.9 Å². The van der Waals surface area contributed by atoms with Crippen LogP contribution in [0.2, 0.25) is 0 Å². The smallest absolute Gasteiger partial charge is 0.407 e. The number of aromatic nitrogens is 1. The summed E-state index contributed by atoms with van der Waals surface area (Å²) in [4.78, 5) is 17.5. The molecule has 0 radical (unpaired) electrons. The molecule has 1 fully saturated rings. The van der Waals surface area contributed by atoms with Crippen LogP contribution in [0.15, 0.2) is 72.0 Å². The maximum absolute atomic E-state index is 11.7. The highest BCUT2D eigenvalue weighted by Crippen LogP contribution is 2.44. The van der Waals surface area contributed by atoms with E-state index >= 15 is 0 Å². The first-order valence-corrected chi connectivity index (χ1v) is 12.4. The van der Waals surface area contributed by atoms with Crippen molar-refractivity contribution in [1.29, 1.82) is 0 Å². The van der Waals surface area contributed by atoms with Gasteiger partial charge in [0.2, 0.25) is 0 Å². The molecule has 1 aromatic heterocycles. The number of carbonyl (C=O) groups is 1. The lowest BCUT2D eigenvalue weighted by molar-refractivity contribution is -0.00162. The molecule has 3 aromatic rings. The van der Waals surface area contributed by atoms with Crippen molar-refractivity contribution in [2.24, 2.45) is 10.6 Å². The van der Waals surface area contributed by atoms with Crippen LogP contribution >= 0.6 is 0 Å². The number of pyridine rings is 1. The van der Waals surface area contributed by atoms with Gasteiger partial charge in [-0.2, -0.15) is 0 Å². The molecule has 2 aromatic carbocycles. The number of nitrogens with zero attached hydrogens (tertiary/aromatic N) is 3. The molecule has 6 heteroatoms. The van der Waals surface area contributed by atoms with E-state index < -0.39 is 6.09 Å². The second-order valence-electron chi connectivity index (χ2n) is 10.9. The summed E-state index contributed by atoms with van der Waals surface area (Å²) in [6.45, 7) is 10.8. The average molecular weight is 486 g/mol. The van der Waals surface area contributed by atoms with Gasteiger partial charge in [0, 0.05) is 48.3 Å². The monoisotopic (exact) mass is 485 g/mol. The van der Waals surface area contributed by atoms with Gasteiger partial charge in [0.1, 0.15) is 0 Å². The molecule has 1 saturated heterocycles. The van der Waals surface area contributed by atoms with Crippen LogP contribution in [0.1, 0.15) is 72.5 Å². The summed E-state index contributed by atoms with van der Waals surface area (Å²) in [7, 11) is 0. The molecule has 36 heavy (non-hydrogen) atoms. The van der Waals surface area contributed by atoms with Crippen molar-refractivity contribution in [1.82, 2.24) is 9.88 Å². The number of rotatable bonds is 6. The molecule has 1 amide bonds. The number of hydrogen-bond donors (Lipinski definition) is 2. The van der Waals surface area contributed by atoms with Crippen molar-refractivity contribution in [3.05, 3.63) is 100 Å². The van der Waals surface area contributed by atoms with Gasteiger partial charge < -0.3 is 15.2 Å². The van der Waals surface area contributed by atoms with E-state index in [-0.39, 0.29) is 23.3 Å². The number of hydrogen-bond acceptors (Lipinski definition) is 4. The minimum atomic E-state index is -0.857. The van der Waals surface area contributed by atoms with E-state index in [4.69, 9.17) is 0 Å². The van der Waals surface area contributed by atoms with Crippen LogP contribution in [0.5, 0.6) is 0 Å². The Bertz CT molecular complexity index is 1260. The number of aryl methyl sites for hydroxylation is 2. The zero-order valence-corrected chi connectivity index (χ0v) is 21.6. The molecular formula is C30H35N3O3. The lowest BCUT2D eigenvalue weighted by atomic mass is 9.69. The maximum atomic E-state index is 11.7. The maximum Gasteiger partial charge on any atom is 0.407 e. The van der Waals surface area contributed by atoms with Crippen LogP contribution in [-0.2, 0) is 0 Å². The zero-order valence-electron chi connectivity index (χ0n) is 21.6. The van der Waals surface area contributed by atoms with Gasteiger partial charge in [0.25, 0.3) is 0 Å². The van der Waals surface area contributed by atoms with Gasteiger partial charge in [0.15, 0.2) is 0 Å². The van der Waals surface area contributed by atoms with E-state index in [1.807, 2.05) is 31.2 Å². The predicted octanol–water partition coefficient (Wildman–Crippen LogP) is 6.59. The Morgan fingerprint density at radius 3 is 2.39 bits per heavy atom. The van der Waals surface area contributed by atoms with E-state index in [1.165, 1.54) is 11.1 Å². The third-order valence-electron chi connectivity index (χ3n) is 7.32. The van der Waals surface area contributed by atoms with Gasteiger partial charge >= 0.3 is 6.09 Å². The number of carboxylic acid groups (broad SMARTS) is 1. The second-order valence-corrected chi connectivity index (χ2v) is 10.9. The molecule has 0 aliphatic carbocycles. The van der Waals surface area contributed by atoms with Crippen LogP contribution in [0.3, 0.4) is 0 Å². The van der Waals surface area contributed by atoms with Gasteiger partial charge in [-0.1, -0.05) is 74.5 Å². The van der Waals surface area contributed by atoms with Crippen LogP contribution < -0.4 is 0 Å². The van der Waals surface area contributed by atoms with Crippen molar-refractivity contribution in [3.8, 4) is 0 Å². The summed E-state index contributed by atoms with van der Waals surface area (Å²) in [5.74, 6) is 0.163. The summed E-state index contributed by atoms with van der Waals surface area (Å²) in [6.07, 6.45) is 1.41. The van der Waals surface area contributed by atoms with Crippen molar-refractivity contribution >= 4 is 11.8 Å². The van der Waals surface area contributed by atoms with E-state index in [1.54, 1.807) is 11.1 Å². The van der Waals surface area contributed by atoms with Gasteiger partial charge in [0.05, 0.1) is 5.71 Å². The Hall–Kier alpha value is -3.67. The molecule has 6 nitrogen and oxygen atoms in total. The Morgan fingerprint density at radius 1 is 1.11 bits per heavy atom. The third kappa shape index (κ3) is 5.13. The highest BCUT2D eigenvalue weighted by atomic mass is 16.4. The summed E-state index contributed by atoms with van der Waals surface area (Å²) >= 11 is 0. The topological polar surface area (TPSA) is 86.0 Å².